The van der Waals surface area contributed by atoms with Crippen LogP contribution in [-0.4, -0.2) is 15.2 Å². The molecule has 2 heterocycles. The van der Waals surface area contributed by atoms with Gasteiger partial charge in [-0.2, -0.15) is 0 Å². The molecule has 2 aromatic heterocycles. The molecule has 0 saturated heterocycles. The second kappa shape index (κ2) is 6.55. The van der Waals surface area contributed by atoms with Crippen molar-refractivity contribution in [1.82, 2.24) is 15.2 Å². The number of thioether (sulfide) groups is 1. The van der Waals surface area contributed by atoms with Crippen molar-refractivity contribution in [3.05, 3.63) is 45.9 Å². The number of benzene rings is 1. The fourth-order valence-corrected chi connectivity index (χ4v) is 4.13. The largest absolute Gasteiger partial charge is 0.330 e. The van der Waals surface area contributed by atoms with E-state index in [9.17, 15) is 0 Å². The fraction of sp³-hybridized carbons (Fsp3) is 0.214. The number of aryl methyl sites for hydroxylation is 2. The highest BCUT2D eigenvalue weighted by atomic mass is 32.2. The summed E-state index contributed by atoms with van der Waals surface area (Å²) in [6.07, 6.45) is 0. The van der Waals surface area contributed by atoms with E-state index in [2.05, 4.69) is 38.9 Å². The van der Waals surface area contributed by atoms with Gasteiger partial charge in [-0.05, 0) is 25.5 Å². The van der Waals surface area contributed by atoms with Gasteiger partial charge in [0.2, 0.25) is 5.13 Å². The Labute approximate surface area is 135 Å². The summed E-state index contributed by atoms with van der Waals surface area (Å²) < 4.78 is 0.955. The van der Waals surface area contributed by atoms with Gasteiger partial charge in [-0.1, -0.05) is 41.3 Å². The number of anilines is 2. The minimum atomic E-state index is 0.821. The lowest BCUT2D eigenvalue weighted by Crippen LogP contribution is -1.91. The predicted molar refractivity (Wildman–Crippen MR) is 90.8 cm³/mol. The third-order valence-electron chi connectivity index (χ3n) is 2.80. The molecule has 0 radical (unpaired) electrons. The van der Waals surface area contributed by atoms with Gasteiger partial charge in [0.05, 0.1) is 10.7 Å². The summed E-state index contributed by atoms with van der Waals surface area (Å²) in [7, 11) is 0. The molecular weight excluding hydrogens is 320 g/mol. The van der Waals surface area contributed by atoms with Gasteiger partial charge in [-0.25, -0.2) is 4.98 Å². The van der Waals surface area contributed by atoms with E-state index in [1.165, 1.54) is 5.56 Å². The molecule has 3 rings (SSSR count). The Morgan fingerprint density at radius 2 is 2.05 bits per heavy atom. The van der Waals surface area contributed by atoms with Crippen LogP contribution in [0.3, 0.4) is 0 Å². The Kier molecular flexibility index (Phi) is 4.52. The number of aromatic nitrogens is 3. The first-order valence-electron chi connectivity index (χ1n) is 6.40. The van der Waals surface area contributed by atoms with E-state index in [1.807, 2.05) is 25.1 Å². The van der Waals surface area contributed by atoms with Crippen LogP contribution in [0, 0.1) is 13.8 Å². The molecule has 0 aliphatic rings. The summed E-state index contributed by atoms with van der Waals surface area (Å²) in [5.41, 5.74) is 3.37. The molecule has 0 aliphatic carbocycles. The number of nitrogens with zero attached hydrogens (tertiary/aromatic N) is 3. The van der Waals surface area contributed by atoms with Gasteiger partial charge >= 0.3 is 0 Å². The molecule has 4 nitrogen and oxygen atoms in total. The first-order chi connectivity index (χ1) is 10.2. The highest BCUT2D eigenvalue weighted by Gasteiger charge is 2.07. The first-order valence-corrected chi connectivity index (χ1v) is 9.09. The number of hydrogen-bond donors (Lipinski definition) is 1. The van der Waals surface area contributed by atoms with Gasteiger partial charge in [0.1, 0.15) is 0 Å². The van der Waals surface area contributed by atoms with Gasteiger partial charge in [-0.15, -0.1) is 21.5 Å². The summed E-state index contributed by atoms with van der Waals surface area (Å²) in [5, 5.41) is 15.7. The maximum atomic E-state index is 4.45. The zero-order valence-corrected chi connectivity index (χ0v) is 14.1. The number of hydrogen-bond acceptors (Lipinski definition) is 7. The molecule has 0 bridgehead atoms. The highest BCUT2D eigenvalue weighted by molar-refractivity contribution is 8.00. The van der Waals surface area contributed by atoms with Crippen LogP contribution in [0.25, 0.3) is 0 Å². The topological polar surface area (TPSA) is 50.7 Å². The molecule has 0 saturated carbocycles. The molecule has 0 amide bonds. The molecule has 1 aromatic carbocycles. The summed E-state index contributed by atoms with van der Waals surface area (Å²) in [6.45, 7) is 4.09. The minimum Gasteiger partial charge on any atom is -0.330 e. The second-order valence-electron chi connectivity index (χ2n) is 4.46. The lowest BCUT2D eigenvalue weighted by Gasteiger charge is -2.04. The van der Waals surface area contributed by atoms with Crippen LogP contribution in [0.15, 0.2) is 34.0 Å². The van der Waals surface area contributed by atoms with Crippen LogP contribution >= 0.6 is 34.4 Å². The molecule has 7 heteroatoms. The van der Waals surface area contributed by atoms with Crippen LogP contribution in [0.4, 0.5) is 10.8 Å². The summed E-state index contributed by atoms with van der Waals surface area (Å²) in [6, 6.07) is 8.15. The van der Waals surface area contributed by atoms with Crippen molar-refractivity contribution in [3.8, 4) is 0 Å². The Balaban J connectivity index is 1.62. The Morgan fingerprint density at radius 3 is 2.81 bits per heavy atom. The van der Waals surface area contributed by atoms with E-state index in [4.69, 9.17) is 0 Å². The van der Waals surface area contributed by atoms with Crippen molar-refractivity contribution >= 4 is 45.3 Å². The predicted octanol–water partition coefficient (Wildman–Crippen LogP) is 4.65. The molecular formula is C14H14N4S3. The third kappa shape index (κ3) is 3.81. The molecule has 0 spiro atoms. The van der Waals surface area contributed by atoms with Crippen molar-refractivity contribution in [2.45, 2.75) is 23.9 Å². The number of thiazole rings is 1. The first kappa shape index (κ1) is 14.5. The van der Waals surface area contributed by atoms with Gasteiger partial charge in [0, 0.05) is 16.8 Å². The lowest BCUT2D eigenvalue weighted by atomic mass is 10.2. The maximum Gasteiger partial charge on any atom is 0.210 e. The second-order valence-corrected chi connectivity index (χ2v) is 7.72. The van der Waals surface area contributed by atoms with E-state index >= 15 is 0 Å². The van der Waals surface area contributed by atoms with E-state index < -0.39 is 0 Å². The molecule has 3 aromatic rings. The minimum absolute atomic E-state index is 0.821. The Bertz CT molecular complexity index is 735. The van der Waals surface area contributed by atoms with Crippen LogP contribution in [0.1, 0.15) is 16.3 Å². The molecule has 0 fully saturated rings. The zero-order chi connectivity index (χ0) is 14.7. The molecule has 1 N–H and O–H groups in total. The molecule has 0 aliphatic heterocycles. The van der Waals surface area contributed by atoms with Crippen molar-refractivity contribution < 1.29 is 0 Å². The quantitative estimate of drug-likeness (QED) is 0.688. The van der Waals surface area contributed by atoms with Crippen molar-refractivity contribution in [1.29, 1.82) is 0 Å². The highest BCUT2D eigenvalue weighted by Crippen LogP contribution is 2.30. The normalized spacial score (nSPS) is 10.8. The smallest absolute Gasteiger partial charge is 0.210 e. The third-order valence-corrected chi connectivity index (χ3v) is 5.63. The summed E-state index contributed by atoms with van der Waals surface area (Å²) in [4.78, 5) is 4.45. The standard InChI is InChI=1S/C14H14N4S3/c1-9-5-3-4-6-12(9)16-13-17-18-14(21-13)20-8-11-7-19-10(2)15-11/h3-7H,8H2,1-2H3,(H,16,17). The average Bonchev–Trinajstić information content (AvgIpc) is 3.08. The lowest BCUT2D eigenvalue weighted by molar-refractivity contribution is 1.01. The zero-order valence-electron chi connectivity index (χ0n) is 11.7. The number of nitrogens with one attached hydrogen (secondary N) is 1. The van der Waals surface area contributed by atoms with Crippen LogP contribution in [-0.2, 0) is 5.75 Å². The summed E-state index contributed by atoms with van der Waals surface area (Å²) in [5.74, 6) is 0.837. The molecule has 21 heavy (non-hydrogen) atoms. The maximum absolute atomic E-state index is 4.45. The van der Waals surface area contributed by atoms with Gasteiger partial charge in [0.25, 0.3) is 0 Å². The van der Waals surface area contributed by atoms with E-state index in [0.717, 1.165) is 31.6 Å². The van der Waals surface area contributed by atoms with E-state index in [1.54, 1.807) is 34.4 Å². The van der Waals surface area contributed by atoms with Crippen LogP contribution in [0.5, 0.6) is 0 Å². The van der Waals surface area contributed by atoms with Crippen molar-refractivity contribution in [3.63, 3.8) is 0 Å². The Morgan fingerprint density at radius 1 is 1.19 bits per heavy atom. The SMILES string of the molecule is Cc1nc(CSc2nnc(Nc3ccccc3C)s2)cs1. The monoisotopic (exact) mass is 334 g/mol. The fourth-order valence-electron chi connectivity index (χ4n) is 1.76. The molecule has 108 valence electrons. The van der Waals surface area contributed by atoms with Gasteiger partial charge < -0.3 is 5.32 Å². The van der Waals surface area contributed by atoms with Crippen LogP contribution in [0.2, 0.25) is 0 Å². The van der Waals surface area contributed by atoms with E-state index in [-0.39, 0.29) is 0 Å². The average molecular weight is 334 g/mol. The van der Waals surface area contributed by atoms with Crippen molar-refractivity contribution in [2.75, 3.05) is 5.32 Å². The van der Waals surface area contributed by atoms with E-state index in [0.29, 0.717) is 0 Å². The Hall–Kier alpha value is -1.44. The van der Waals surface area contributed by atoms with Gasteiger partial charge in [-0.3, -0.25) is 0 Å². The molecule has 0 unspecified atom stereocenters. The number of rotatable bonds is 5. The molecule has 0 atom stereocenters. The van der Waals surface area contributed by atoms with Crippen molar-refractivity contribution in [2.24, 2.45) is 0 Å². The van der Waals surface area contributed by atoms with Gasteiger partial charge in [0.15, 0.2) is 4.34 Å². The summed E-state index contributed by atoms with van der Waals surface area (Å²) >= 11 is 4.92. The van der Waals surface area contributed by atoms with Crippen LogP contribution < -0.4 is 5.32 Å². The number of para-hydroxylation sites is 1.